The lowest BCUT2D eigenvalue weighted by Crippen LogP contribution is -2.47. The zero-order valence-corrected chi connectivity index (χ0v) is 17.5. The van der Waals surface area contributed by atoms with Crippen LogP contribution in [0.2, 0.25) is 10.0 Å². The number of ether oxygens (including phenoxy) is 1. The highest BCUT2D eigenvalue weighted by molar-refractivity contribution is 8.76. The van der Waals surface area contributed by atoms with Gasteiger partial charge in [0.25, 0.3) is 5.91 Å². The van der Waals surface area contributed by atoms with E-state index in [1.807, 2.05) is 10.8 Å². The van der Waals surface area contributed by atoms with Crippen LogP contribution in [0.3, 0.4) is 0 Å². The maximum atomic E-state index is 12.3. The molecule has 0 radical (unpaired) electrons. The van der Waals surface area contributed by atoms with Crippen LogP contribution in [-0.2, 0) is 4.79 Å². The van der Waals surface area contributed by atoms with Crippen LogP contribution in [0.1, 0.15) is 13.8 Å². The van der Waals surface area contributed by atoms with E-state index in [4.69, 9.17) is 27.9 Å². The first-order valence-electron chi connectivity index (χ1n) is 7.53. The molecule has 1 aromatic rings. The largest absolute Gasteiger partial charge is 0.478 e. The van der Waals surface area contributed by atoms with E-state index in [1.54, 1.807) is 42.8 Å². The number of hydrogen-bond acceptors (Lipinski definition) is 5. The molecule has 0 aliphatic carbocycles. The van der Waals surface area contributed by atoms with Crippen LogP contribution in [0, 0.1) is 0 Å². The van der Waals surface area contributed by atoms with Gasteiger partial charge in [0, 0.05) is 34.6 Å². The van der Waals surface area contributed by atoms with Gasteiger partial charge in [0.05, 0.1) is 0 Å². The molecular weight excluding hydrogens is 387 g/mol. The maximum absolute atomic E-state index is 12.3. The number of nitrogens with one attached hydrogen (secondary N) is 1. The molecule has 0 aromatic heterocycles. The van der Waals surface area contributed by atoms with Gasteiger partial charge in [-0.1, -0.05) is 44.8 Å². The summed E-state index contributed by atoms with van der Waals surface area (Å²) in [6, 6.07) is 4.90. The van der Waals surface area contributed by atoms with Crippen LogP contribution in [0.5, 0.6) is 5.75 Å². The van der Waals surface area contributed by atoms with Gasteiger partial charge in [-0.15, -0.1) is 0 Å². The molecule has 8 heteroatoms. The summed E-state index contributed by atoms with van der Waals surface area (Å²) in [4.78, 5) is 14.4. The van der Waals surface area contributed by atoms with Crippen molar-refractivity contribution in [2.45, 2.75) is 19.4 Å². The van der Waals surface area contributed by atoms with E-state index < -0.39 is 5.60 Å². The molecule has 0 saturated carbocycles. The third-order valence-electron chi connectivity index (χ3n) is 2.93. The van der Waals surface area contributed by atoms with E-state index in [0.29, 0.717) is 22.3 Å². The number of nitrogens with zero attached hydrogens (tertiary/aromatic N) is 1. The summed E-state index contributed by atoms with van der Waals surface area (Å²) in [5.74, 6) is 2.22. The Morgan fingerprint density at radius 2 is 1.75 bits per heavy atom. The fourth-order valence-electron chi connectivity index (χ4n) is 1.69. The second-order valence-corrected chi connectivity index (χ2v) is 9.50. The molecule has 136 valence electrons. The lowest BCUT2D eigenvalue weighted by atomic mass is 10.1. The monoisotopic (exact) mass is 410 g/mol. The first kappa shape index (κ1) is 21.8. The number of rotatable bonds is 10. The molecule has 0 saturated heterocycles. The molecule has 1 N–H and O–H groups in total. The predicted molar refractivity (Wildman–Crippen MR) is 108 cm³/mol. The molecule has 0 unspecified atom stereocenters. The molecule has 0 atom stereocenters. The van der Waals surface area contributed by atoms with Crippen molar-refractivity contribution < 1.29 is 9.53 Å². The molecule has 0 aliphatic heterocycles. The first-order chi connectivity index (χ1) is 11.2. The normalized spacial score (nSPS) is 11.6. The smallest absolute Gasteiger partial charge is 0.263 e. The highest BCUT2D eigenvalue weighted by Gasteiger charge is 2.29. The van der Waals surface area contributed by atoms with Crippen LogP contribution in [0.25, 0.3) is 0 Å². The lowest BCUT2D eigenvalue weighted by molar-refractivity contribution is -0.134. The average molecular weight is 411 g/mol. The van der Waals surface area contributed by atoms with Crippen molar-refractivity contribution in [3.63, 3.8) is 0 Å². The molecule has 1 rings (SSSR count). The maximum Gasteiger partial charge on any atom is 0.263 e. The van der Waals surface area contributed by atoms with Crippen LogP contribution in [0.15, 0.2) is 18.2 Å². The minimum Gasteiger partial charge on any atom is -0.478 e. The number of carbonyl (C=O) groups excluding carboxylic acids is 1. The second kappa shape index (κ2) is 10.7. The van der Waals surface area contributed by atoms with Crippen molar-refractivity contribution in [2.75, 3.05) is 38.7 Å². The van der Waals surface area contributed by atoms with Gasteiger partial charge in [-0.3, -0.25) is 4.79 Å². The van der Waals surface area contributed by atoms with Gasteiger partial charge in [-0.05, 0) is 46.1 Å². The Hall–Kier alpha value is -0.270. The summed E-state index contributed by atoms with van der Waals surface area (Å²) in [6.07, 6.45) is 0. The van der Waals surface area contributed by atoms with Crippen LogP contribution >= 0.6 is 44.8 Å². The zero-order valence-electron chi connectivity index (χ0n) is 14.4. The Bertz CT molecular complexity index is 523. The first-order valence-corrected chi connectivity index (χ1v) is 10.8. The molecular formula is C16H24Cl2N2O2S2. The molecule has 1 aromatic carbocycles. The Morgan fingerprint density at radius 1 is 1.17 bits per heavy atom. The third kappa shape index (κ3) is 8.72. The Kier molecular flexibility index (Phi) is 9.67. The quantitative estimate of drug-likeness (QED) is 0.462. The van der Waals surface area contributed by atoms with Gasteiger partial charge < -0.3 is 15.0 Å². The lowest BCUT2D eigenvalue weighted by Gasteiger charge is -2.25. The summed E-state index contributed by atoms with van der Waals surface area (Å²) in [7, 11) is 7.68. The van der Waals surface area contributed by atoms with E-state index in [-0.39, 0.29) is 5.91 Å². The highest BCUT2D eigenvalue weighted by atomic mass is 35.5. The minimum atomic E-state index is -1.00. The van der Waals surface area contributed by atoms with Crippen molar-refractivity contribution in [1.82, 2.24) is 10.2 Å². The number of benzene rings is 1. The van der Waals surface area contributed by atoms with Crippen molar-refractivity contribution in [3.05, 3.63) is 28.2 Å². The Morgan fingerprint density at radius 3 is 2.33 bits per heavy atom. The number of hydrogen-bond donors (Lipinski definition) is 1. The SMILES string of the molecule is CN(C)CCSSCCNC(=O)C(C)(C)Oc1cc(Cl)cc(Cl)c1. The van der Waals surface area contributed by atoms with E-state index in [9.17, 15) is 4.79 Å². The Labute approximate surface area is 162 Å². The molecule has 0 fully saturated rings. The summed E-state index contributed by atoms with van der Waals surface area (Å²) < 4.78 is 5.75. The average Bonchev–Trinajstić information content (AvgIpc) is 2.43. The van der Waals surface area contributed by atoms with Crippen LogP contribution in [-0.4, -0.2) is 55.1 Å². The van der Waals surface area contributed by atoms with Gasteiger partial charge in [-0.25, -0.2) is 0 Å². The summed E-state index contributed by atoms with van der Waals surface area (Å²) in [5, 5.41) is 3.84. The molecule has 0 aliphatic rings. The van der Waals surface area contributed by atoms with Crippen LogP contribution < -0.4 is 10.1 Å². The van der Waals surface area contributed by atoms with Gasteiger partial charge >= 0.3 is 0 Å². The predicted octanol–water partition coefficient (Wildman–Crippen LogP) is 4.21. The minimum absolute atomic E-state index is 0.169. The fraction of sp³-hybridized carbons (Fsp3) is 0.562. The van der Waals surface area contributed by atoms with Gasteiger partial charge in [0.1, 0.15) is 5.75 Å². The number of carbonyl (C=O) groups is 1. The number of amides is 1. The molecule has 0 heterocycles. The fourth-order valence-corrected chi connectivity index (χ4v) is 4.23. The molecule has 4 nitrogen and oxygen atoms in total. The van der Waals surface area contributed by atoms with Crippen LogP contribution in [0.4, 0.5) is 0 Å². The number of halogens is 2. The standard InChI is InChI=1S/C16H24Cl2N2O2S2/c1-16(2,22-14-10-12(17)9-13(18)11-14)15(21)19-5-7-23-24-8-6-20(3)4/h9-11H,5-8H2,1-4H3,(H,19,21). The van der Waals surface area contributed by atoms with E-state index in [1.165, 1.54) is 0 Å². The topological polar surface area (TPSA) is 41.6 Å². The van der Waals surface area contributed by atoms with Crippen molar-refractivity contribution in [1.29, 1.82) is 0 Å². The summed E-state index contributed by atoms with van der Waals surface area (Å²) in [5.41, 5.74) is -1.00. The van der Waals surface area contributed by atoms with Gasteiger partial charge in [-0.2, -0.15) is 0 Å². The molecule has 1 amide bonds. The molecule has 0 bridgehead atoms. The van der Waals surface area contributed by atoms with Crippen molar-refractivity contribution in [2.24, 2.45) is 0 Å². The van der Waals surface area contributed by atoms with E-state index in [2.05, 4.69) is 24.3 Å². The molecule has 24 heavy (non-hydrogen) atoms. The van der Waals surface area contributed by atoms with Crippen molar-refractivity contribution in [3.8, 4) is 5.75 Å². The highest BCUT2D eigenvalue weighted by Crippen LogP contribution is 2.27. The van der Waals surface area contributed by atoms with Gasteiger partial charge in [0.2, 0.25) is 0 Å². The van der Waals surface area contributed by atoms with Crippen molar-refractivity contribution >= 4 is 50.7 Å². The second-order valence-electron chi connectivity index (χ2n) is 5.92. The Balaban J connectivity index is 2.34. The zero-order chi connectivity index (χ0) is 18.2. The van der Waals surface area contributed by atoms with Gasteiger partial charge in [0.15, 0.2) is 5.60 Å². The summed E-state index contributed by atoms with van der Waals surface area (Å²) >= 11 is 11.9. The van der Waals surface area contributed by atoms with E-state index in [0.717, 1.165) is 18.1 Å². The molecule has 0 spiro atoms. The summed E-state index contributed by atoms with van der Waals surface area (Å²) in [6.45, 7) is 5.08. The van der Waals surface area contributed by atoms with E-state index >= 15 is 0 Å². The third-order valence-corrected chi connectivity index (χ3v) is 5.76.